The maximum absolute atomic E-state index is 4.93. The molecule has 13 rings (SSSR count). The molecule has 4 nitrogen and oxygen atoms in total. The summed E-state index contributed by atoms with van der Waals surface area (Å²) < 4.78 is 4.79. The van der Waals surface area contributed by atoms with Gasteiger partial charge in [-0.15, -0.1) is 0 Å². The molecule has 0 saturated heterocycles. The van der Waals surface area contributed by atoms with Gasteiger partial charge in [0.25, 0.3) is 0 Å². The second-order valence-corrected chi connectivity index (χ2v) is 16.5. The average molecular weight is 767 g/mol. The van der Waals surface area contributed by atoms with Gasteiger partial charge in [-0.1, -0.05) is 91.0 Å². The number of aryl methyl sites for hydroxylation is 2. The number of allylic oxidation sites excluding steroid dienone is 1. The van der Waals surface area contributed by atoms with E-state index in [9.17, 15) is 0 Å². The van der Waals surface area contributed by atoms with Crippen molar-refractivity contribution in [1.29, 1.82) is 0 Å². The second-order valence-electron chi connectivity index (χ2n) is 16.5. The third kappa shape index (κ3) is 5.10. The van der Waals surface area contributed by atoms with Crippen LogP contribution in [0.2, 0.25) is 0 Å². The molecule has 11 aromatic rings. The Morgan fingerprint density at radius 3 is 1.62 bits per heavy atom. The van der Waals surface area contributed by atoms with E-state index >= 15 is 0 Å². The first-order valence-corrected chi connectivity index (χ1v) is 21.1. The van der Waals surface area contributed by atoms with E-state index in [2.05, 4.69) is 167 Å². The highest BCUT2D eigenvalue weighted by atomic mass is 15.1. The number of aromatic nitrogens is 4. The Balaban J connectivity index is 1.02. The number of pyridine rings is 2. The topological polar surface area (TPSA) is 35.6 Å². The molecule has 4 heterocycles. The number of hydrogen-bond donors (Lipinski definition) is 0. The fraction of sp³-hybridized carbons (Fsp3) is 0.0714. The Hall–Kier alpha value is -7.56. The van der Waals surface area contributed by atoms with Gasteiger partial charge in [-0.05, 0) is 171 Å². The van der Waals surface area contributed by atoms with E-state index in [1.165, 1.54) is 105 Å². The largest absolute Gasteiger partial charge is 0.298 e. The van der Waals surface area contributed by atoms with Crippen LogP contribution < -0.4 is 0 Å². The monoisotopic (exact) mass is 766 g/mol. The molecule has 2 aliphatic carbocycles. The minimum atomic E-state index is 0.924. The predicted octanol–water partition coefficient (Wildman–Crippen LogP) is 13.7. The molecule has 2 aliphatic rings. The second kappa shape index (κ2) is 13.0. The van der Waals surface area contributed by atoms with Crippen LogP contribution in [0, 0.1) is 0 Å². The zero-order valence-corrected chi connectivity index (χ0v) is 32.9. The van der Waals surface area contributed by atoms with Crippen molar-refractivity contribution in [2.24, 2.45) is 0 Å². The van der Waals surface area contributed by atoms with Crippen LogP contribution in [0.1, 0.15) is 34.4 Å². The number of benzene rings is 7. The van der Waals surface area contributed by atoms with Crippen LogP contribution >= 0.6 is 0 Å². The molecule has 60 heavy (non-hydrogen) atoms. The molecule has 0 saturated carbocycles. The highest BCUT2D eigenvalue weighted by Gasteiger charge is 2.27. The van der Waals surface area contributed by atoms with Gasteiger partial charge < -0.3 is 0 Å². The lowest BCUT2D eigenvalue weighted by Gasteiger charge is -2.21. The number of fused-ring (bicyclic) bond motifs is 11. The van der Waals surface area contributed by atoms with Crippen LogP contribution in [0.5, 0.6) is 0 Å². The Morgan fingerprint density at radius 2 is 0.933 bits per heavy atom. The maximum atomic E-state index is 4.93. The standard InChI is InChI=1S/C56H38N4/c1-3-11-37-27-39(17-15-35(37)9-1)41-21-23-51-47(29-41)49-31-43-19-20-44-32-50-48-30-42(40-18-16-36-10-2-4-12-38(36)28-40)22-24-52(48)60(56-14-6-8-26-58-56)54(50)34-46(44)45(43)33-53(49)59(51)55-13-5-7-25-57-55/h1-18,21,23,25-34H,19-20,22,24H2. The van der Waals surface area contributed by atoms with Crippen LogP contribution in [-0.2, 0) is 19.3 Å². The lowest BCUT2D eigenvalue weighted by molar-refractivity contribution is 0.879. The van der Waals surface area contributed by atoms with Crippen molar-refractivity contribution in [1.82, 2.24) is 19.1 Å². The molecule has 282 valence electrons. The third-order valence-corrected chi connectivity index (χ3v) is 13.2. The third-order valence-electron chi connectivity index (χ3n) is 13.2. The lowest BCUT2D eigenvalue weighted by atomic mass is 9.83. The van der Waals surface area contributed by atoms with Gasteiger partial charge in [0.15, 0.2) is 0 Å². The highest BCUT2D eigenvalue weighted by Crippen LogP contribution is 2.46. The average Bonchev–Trinajstić information content (AvgIpc) is 3.81. The fourth-order valence-electron chi connectivity index (χ4n) is 10.3. The summed E-state index contributed by atoms with van der Waals surface area (Å²) in [5.41, 5.74) is 16.8. The van der Waals surface area contributed by atoms with Crippen LogP contribution in [0.3, 0.4) is 0 Å². The Morgan fingerprint density at radius 1 is 0.383 bits per heavy atom. The van der Waals surface area contributed by atoms with E-state index in [1.807, 2.05) is 24.5 Å². The van der Waals surface area contributed by atoms with Gasteiger partial charge in [0.2, 0.25) is 0 Å². The van der Waals surface area contributed by atoms with Crippen LogP contribution in [0.25, 0.3) is 99.8 Å². The van der Waals surface area contributed by atoms with Gasteiger partial charge in [0.1, 0.15) is 11.6 Å². The number of rotatable bonds is 4. The Bertz CT molecular complexity index is 3590. The summed E-state index contributed by atoms with van der Waals surface area (Å²) >= 11 is 0. The van der Waals surface area contributed by atoms with Gasteiger partial charge >= 0.3 is 0 Å². The molecule has 0 unspecified atom stereocenters. The summed E-state index contributed by atoms with van der Waals surface area (Å²) in [6.07, 6.45) is 10.2. The van der Waals surface area contributed by atoms with E-state index in [0.29, 0.717) is 0 Å². The molecule has 0 bridgehead atoms. The van der Waals surface area contributed by atoms with Crippen molar-refractivity contribution in [3.8, 4) is 33.9 Å². The minimum absolute atomic E-state index is 0.924. The first kappa shape index (κ1) is 33.4. The van der Waals surface area contributed by atoms with Gasteiger partial charge in [-0.25, -0.2) is 9.97 Å². The van der Waals surface area contributed by atoms with E-state index < -0.39 is 0 Å². The van der Waals surface area contributed by atoms with E-state index in [0.717, 1.165) is 42.8 Å². The van der Waals surface area contributed by atoms with Crippen molar-refractivity contribution < 1.29 is 0 Å². The zero-order valence-electron chi connectivity index (χ0n) is 32.9. The first-order chi connectivity index (χ1) is 29.7. The summed E-state index contributed by atoms with van der Waals surface area (Å²) in [6, 6.07) is 60.3. The smallest absolute Gasteiger partial charge is 0.137 e. The molecular weight excluding hydrogens is 729 g/mol. The lowest BCUT2D eigenvalue weighted by Crippen LogP contribution is -2.07. The Kier molecular flexibility index (Phi) is 7.23. The van der Waals surface area contributed by atoms with E-state index in [1.54, 1.807) is 0 Å². The number of hydrogen-bond acceptors (Lipinski definition) is 2. The highest BCUT2D eigenvalue weighted by molar-refractivity contribution is 6.12. The van der Waals surface area contributed by atoms with E-state index in [4.69, 9.17) is 9.97 Å². The number of nitrogens with zero attached hydrogens (tertiary/aromatic N) is 4. The molecule has 0 N–H and O–H groups in total. The van der Waals surface area contributed by atoms with Crippen molar-refractivity contribution in [2.45, 2.75) is 25.7 Å². The summed E-state index contributed by atoms with van der Waals surface area (Å²) in [7, 11) is 0. The van der Waals surface area contributed by atoms with Gasteiger partial charge in [-0.3, -0.25) is 9.13 Å². The molecular formula is C56H38N4. The van der Waals surface area contributed by atoms with Crippen LogP contribution in [0.15, 0.2) is 176 Å². The molecule has 0 aliphatic heterocycles. The quantitative estimate of drug-likeness (QED) is 0.179. The predicted molar refractivity (Wildman–Crippen MR) is 249 cm³/mol. The SMILES string of the molecule is C1=C(c2ccc3ccccc3c2)CCc2c1c1cc3c(cc1n2-c1ccccn1)-c1cc2c(cc1CC3)c1cc(-c3ccc4ccccc4c3)ccc1n2-c1ccccn1. The van der Waals surface area contributed by atoms with Crippen molar-refractivity contribution >= 4 is 65.9 Å². The van der Waals surface area contributed by atoms with Crippen LogP contribution in [-0.4, -0.2) is 19.1 Å². The molecule has 0 radical (unpaired) electrons. The Labute approximate surface area is 347 Å². The van der Waals surface area contributed by atoms with Gasteiger partial charge in [-0.2, -0.15) is 0 Å². The van der Waals surface area contributed by atoms with E-state index in [-0.39, 0.29) is 0 Å². The molecule has 0 amide bonds. The van der Waals surface area contributed by atoms with Crippen LogP contribution in [0.4, 0.5) is 0 Å². The minimum Gasteiger partial charge on any atom is -0.298 e. The molecule has 7 aromatic carbocycles. The van der Waals surface area contributed by atoms with Gasteiger partial charge in [0, 0.05) is 39.8 Å². The molecule has 4 heteroatoms. The fourth-order valence-corrected chi connectivity index (χ4v) is 10.3. The summed E-state index contributed by atoms with van der Waals surface area (Å²) in [6.45, 7) is 0. The summed E-state index contributed by atoms with van der Waals surface area (Å²) in [5.74, 6) is 1.89. The van der Waals surface area contributed by atoms with Crippen molar-refractivity contribution in [3.05, 3.63) is 204 Å². The van der Waals surface area contributed by atoms with Crippen molar-refractivity contribution in [2.75, 3.05) is 0 Å². The van der Waals surface area contributed by atoms with Crippen molar-refractivity contribution in [3.63, 3.8) is 0 Å². The maximum Gasteiger partial charge on any atom is 0.137 e. The summed E-state index contributed by atoms with van der Waals surface area (Å²) in [4.78, 5) is 9.84. The molecule has 4 aromatic heterocycles. The first-order valence-electron chi connectivity index (χ1n) is 21.1. The molecule has 0 spiro atoms. The normalized spacial score (nSPS) is 13.5. The molecule has 0 atom stereocenters. The molecule has 0 fully saturated rings. The van der Waals surface area contributed by atoms with Gasteiger partial charge in [0.05, 0.1) is 16.6 Å². The zero-order chi connectivity index (χ0) is 39.3. The summed E-state index contributed by atoms with van der Waals surface area (Å²) in [5, 5.41) is 8.89.